The van der Waals surface area contributed by atoms with Crippen LogP contribution in [0.15, 0.2) is 0 Å². The molecule has 0 aliphatic rings. The van der Waals surface area contributed by atoms with E-state index in [1.807, 2.05) is 6.92 Å². The van der Waals surface area contributed by atoms with Gasteiger partial charge < -0.3 is 11.1 Å². The maximum absolute atomic E-state index is 12.2. The first kappa shape index (κ1) is 19.4. The quantitative estimate of drug-likeness (QED) is 0.648. The topological polar surface area (TPSA) is 58.4 Å². The van der Waals surface area contributed by atoms with Crippen molar-refractivity contribution in [3.63, 3.8) is 0 Å². The molecule has 0 rings (SSSR count). The van der Waals surface area contributed by atoms with Crippen molar-refractivity contribution in [1.29, 1.82) is 0 Å². The minimum atomic E-state index is -0.750. The van der Waals surface area contributed by atoms with E-state index in [2.05, 4.69) is 44.8 Å². The van der Waals surface area contributed by atoms with E-state index in [1.165, 1.54) is 0 Å². The zero-order valence-corrected chi connectivity index (χ0v) is 14.3. The number of carbonyl (C=O) groups excluding carboxylic acids is 1. The summed E-state index contributed by atoms with van der Waals surface area (Å²) in [6.45, 7) is 15.4. The molecule has 0 radical (unpaired) electrons. The highest BCUT2D eigenvalue weighted by Gasteiger charge is 2.28. The van der Waals surface area contributed by atoms with Gasteiger partial charge in [-0.15, -0.1) is 0 Å². The average Bonchev–Trinajstić information content (AvgIpc) is 2.35. The van der Waals surface area contributed by atoms with E-state index >= 15 is 0 Å². The number of nitrogens with one attached hydrogen (secondary N) is 1. The Bertz CT molecular complexity index is 273. The molecule has 0 saturated heterocycles. The van der Waals surface area contributed by atoms with E-state index in [-0.39, 0.29) is 5.91 Å². The number of hydrogen-bond acceptors (Lipinski definition) is 3. The monoisotopic (exact) mass is 285 g/mol. The largest absolute Gasteiger partial charge is 0.353 e. The van der Waals surface area contributed by atoms with Crippen molar-refractivity contribution in [2.75, 3.05) is 19.6 Å². The van der Waals surface area contributed by atoms with Crippen molar-refractivity contribution in [3.05, 3.63) is 0 Å². The summed E-state index contributed by atoms with van der Waals surface area (Å²) >= 11 is 0. The van der Waals surface area contributed by atoms with Gasteiger partial charge in [-0.2, -0.15) is 0 Å². The standard InChI is InChI=1S/C16H35N3O/c1-7-10-16(6,17)15(20)18-12-14(11-13(4)5)19(8-2)9-3/h13-14H,7-12,17H2,1-6H3,(H,18,20). The van der Waals surface area contributed by atoms with Gasteiger partial charge in [0.15, 0.2) is 0 Å². The molecular formula is C16H35N3O. The molecular weight excluding hydrogens is 250 g/mol. The van der Waals surface area contributed by atoms with Crippen LogP contribution >= 0.6 is 0 Å². The fourth-order valence-electron chi connectivity index (χ4n) is 2.69. The lowest BCUT2D eigenvalue weighted by atomic mass is 9.96. The van der Waals surface area contributed by atoms with Crippen molar-refractivity contribution in [3.8, 4) is 0 Å². The second-order valence-electron chi connectivity index (χ2n) is 6.38. The summed E-state index contributed by atoms with van der Waals surface area (Å²) in [5, 5.41) is 3.06. The molecule has 0 heterocycles. The number of rotatable bonds is 10. The van der Waals surface area contributed by atoms with Crippen LogP contribution in [-0.2, 0) is 4.79 Å². The van der Waals surface area contributed by atoms with Gasteiger partial charge >= 0.3 is 0 Å². The van der Waals surface area contributed by atoms with Crippen LogP contribution < -0.4 is 11.1 Å². The van der Waals surface area contributed by atoms with Crippen LogP contribution in [0.1, 0.15) is 60.8 Å². The van der Waals surface area contributed by atoms with Crippen LogP contribution in [-0.4, -0.2) is 42.0 Å². The fourth-order valence-corrected chi connectivity index (χ4v) is 2.69. The van der Waals surface area contributed by atoms with E-state index in [0.29, 0.717) is 18.5 Å². The Morgan fingerprint density at radius 1 is 1.25 bits per heavy atom. The van der Waals surface area contributed by atoms with E-state index in [0.717, 1.165) is 32.4 Å². The molecule has 3 N–H and O–H groups in total. The number of likely N-dealkylation sites (N-methyl/N-ethyl adjacent to an activating group) is 1. The average molecular weight is 285 g/mol. The van der Waals surface area contributed by atoms with Crippen LogP contribution in [0.4, 0.5) is 0 Å². The number of amides is 1. The molecule has 1 amide bonds. The van der Waals surface area contributed by atoms with Crippen LogP contribution in [0.25, 0.3) is 0 Å². The highest BCUT2D eigenvalue weighted by molar-refractivity contribution is 5.85. The zero-order chi connectivity index (χ0) is 15.8. The van der Waals surface area contributed by atoms with E-state index in [4.69, 9.17) is 5.73 Å². The molecule has 0 aromatic rings. The third-order valence-electron chi connectivity index (χ3n) is 3.86. The van der Waals surface area contributed by atoms with Crippen molar-refractivity contribution < 1.29 is 4.79 Å². The van der Waals surface area contributed by atoms with Crippen LogP contribution in [0, 0.1) is 5.92 Å². The zero-order valence-electron chi connectivity index (χ0n) is 14.3. The molecule has 0 aliphatic heterocycles. The van der Waals surface area contributed by atoms with Crippen molar-refractivity contribution >= 4 is 5.91 Å². The molecule has 2 unspecified atom stereocenters. The summed E-state index contributed by atoms with van der Waals surface area (Å²) < 4.78 is 0. The molecule has 0 fully saturated rings. The van der Waals surface area contributed by atoms with E-state index < -0.39 is 5.54 Å². The smallest absolute Gasteiger partial charge is 0.239 e. The van der Waals surface area contributed by atoms with Gasteiger partial charge in [0.2, 0.25) is 5.91 Å². The van der Waals surface area contributed by atoms with E-state index in [9.17, 15) is 4.79 Å². The Hall–Kier alpha value is -0.610. The first-order chi connectivity index (χ1) is 9.28. The highest BCUT2D eigenvalue weighted by atomic mass is 16.2. The molecule has 0 bridgehead atoms. The number of nitrogens with zero attached hydrogens (tertiary/aromatic N) is 1. The van der Waals surface area contributed by atoms with Gasteiger partial charge in [-0.25, -0.2) is 0 Å². The Morgan fingerprint density at radius 3 is 2.20 bits per heavy atom. The molecule has 0 aliphatic carbocycles. The van der Waals surface area contributed by atoms with Gasteiger partial charge in [-0.3, -0.25) is 9.69 Å². The minimum Gasteiger partial charge on any atom is -0.353 e. The lowest BCUT2D eigenvalue weighted by Crippen LogP contribution is -2.54. The molecule has 4 nitrogen and oxygen atoms in total. The SMILES string of the molecule is CCCC(C)(N)C(=O)NCC(CC(C)C)N(CC)CC. The Balaban J connectivity index is 4.56. The van der Waals surface area contributed by atoms with E-state index in [1.54, 1.807) is 0 Å². The summed E-state index contributed by atoms with van der Waals surface area (Å²) in [6, 6.07) is 0.395. The summed E-state index contributed by atoms with van der Waals surface area (Å²) in [7, 11) is 0. The van der Waals surface area contributed by atoms with Gasteiger partial charge in [0.05, 0.1) is 5.54 Å². The third-order valence-corrected chi connectivity index (χ3v) is 3.86. The summed E-state index contributed by atoms with van der Waals surface area (Å²) in [4.78, 5) is 14.6. The second-order valence-corrected chi connectivity index (χ2v) is 6.38. The molecule has 0 aromatic carbocycles. The van der Waals surface area contributed by atoms with Crippen LogP contribution in [0.5, 0.6) is 0 Å². The van der Waals surface area contributed by atoms with Crippen molar-refractivity contribution in [2.24, 2.45) is 11.7 Å². The predicted molar refractivity (Wildman–Crippen MR) is 86.7 cm³/mol. The van der Waals surface area contributed by atoms with Gasteiger partial charge in [0.1, 0.15) is 0 Å². The van der Waals surface area contributed by atoms with Gasteiger partial charge in [0, 0.05) is 12.6 Å². The first-order valence-corrected chi connectivity index (χ1v) is 8.09. The Kier molecular flexibility index (Phi) is 9.06. The van der Waals surface area contributed by atoms with Crippen LogP contribution in [0.2, 0.25) is 0 Å². The second kappa shape index (κ2) is 9.35. The Labute approximate surface area is 125 Å². The van der Waals surface area contributed by atoms with Gasteiger partial charge in [0.25, 0.3) is 0 Å². The molecule has 20 heavy (non-hydrogen) atoms. The summed E-state index contributed by atoms with van der Waals surface area (Å²) in [5.74, 6) is 0.595. The third kappa shape index (κ3) is 6.71. The van der Waals surface area contributed by atoms with Gasteiger partial charge in [-0.1, -0.05) is 41.0 Å². The number of nitrogens with two attached hydrogens (primary N) is 1. The van der Waals surface area contributed by atoms with Crippen molar-refractivity contribution in [1.82, 2.24) is 10.2 Å². The molecule has 0 aromatic heterocycles. The first-order valence-electron chi connectivity index (χ1n) is 8.09. The molecule has 4 heteroatoms. The predicted octanol–water partition coefficient (Wildman–Crippen LogP) is 2.38. The molecule has 120 valence electrons. The maximum Gasteiger partial charge on any atom is 0.239 e. The summed E-state index contributed by atoms with van der Waals surface area (Å²) in [5.41, 5.74) is 5.32. The van der Waals surface area contributed by atoms with Crippen LogP contribution in [0.3, 0.4) is 0 Å². The number of hydrogen-bond donors (Lipinski definition) is 2. The molecule has 2 atom stereocenters. The molecule has 0 saturated carbocycles. The number of carbonyl (C=O) groups is 1. The fraction of sp³-hybridized carbons (Fsp3) is 0.938. The van der Waals surface area contributed by atoms with Crippen molar-refractivity contribution in [2.45, 2.75) is 72.4 Å². The minimum absolute atomic E-state index is 0.0275. The lowest BCUT2D eigenvalue weighted by molar-refractivity contribution is -0.126. The summed E-state index contributed by atoms with van der Waals surface area (Å²) in [6.07, 6.45) is 2.74. The van der Waals surface area contributed by atoms with Gasteiger partial charge in [-0.05, 0) is 38.8 Å². The Morgan fingerprint density at radius 2 is 1.80 bits per heavy atom. The lowest BCUT2D eigenvalue weighted by Gasteiger charge is -2.32. The highest BCUT2D eigenvalue weighted by Crippen LogP contribution is 2.12. The normalized spacial score (nSPS) is 16.2. The molecule has 0 spiro atoms. The maximum atomic E-state index is 12.2.